The molecular formula is C13H9F2NO2. The number of halogens is 2. The molecule has 2 aromatic rings. The highest BCUT2D eigenvalue weighted by Gasteiger charge is 2.10. The van der Waals surface area contributed by atoms with Crippen molar-refractivity contribution in [3.63, 3.8) is 0 Å². The van der Waals surface area contributed by atoms with Crippen LogP contribution < -0.4 is 4.74 Å². The van der Waals surface area contributed by atoms with Gasteiger partial charge in [0, 0.05) is 11.6 Å². The highest BCUT2D eigenvalue weighted by atomic mass is 19.1. The molecule has 18 heavy (non-hydrogen) atoms. The first kappa shape index (κ1) is 12.2. The Hall–Kier alpha value is -2.30. The van der Waals surface area contributed by atoms with E-state index < -0.39 is 11.6 Å². The van der Waals surface area contributed by atoms with Crippen molar-refractivity contribution in [2.45, 2.75) is 0 Å². The van der Waals surface area contributed by atoms with E-state index in [9.17, 15) is 13.6 Å². The van der Waals surface area contributed by atoms with Gasteiger partial charge in [0.1, 0.15) is 11.6 Å². The number of aldehydes is 1. The summed E-state index contributed by atoms with van der Waals surface area (Å²) in [4.78, 5) is 14.4. The number of carbonyl (C=O) groups is 1. The summed E-state index contributed by atoms with van der Waals surface area (Å²) in [6, 6.07) is 5.17. The van der Waals surface area contributed by atoms with E-state index in [2.05, 4.69) is 4.98 Å². The fourth-order valence-corrected chi connectivity index (χ4v) is 1.55. The fourth-order valence-electron chi connectivity index (χ4n) is 1.55. The normalized spacial score (nSPS) is 10.2. The summed E-state index contributed by atoms with van der Waals surface area (Å²) in [5.74, 6) is -0.974. The fraction of sp³-hybridized carbons (Fsp3) is 0.0769. The van der Waals surface area contributed by atoms with E-state index in [0.717, 1.165) is 12.3 Å². The highest BCUT2D eigenvalue weighted by molar-refractivity contribution is 5.79. The van der Waals surface area contributed by atoms with Gasteiger partial charge in [0.2, 0.25) is 5.88 Å². The number of nitrogens with zero attached hydrogens (tertiary/aromatic N) is 1. The molecule has 0 bridgehead atoms. The molecule has 0 saturated heterocycles. The molecule has 0 aliphatic heterocycles. The quantitative estimate of drug-likeness (QED) is 0.785. The van der Waals surface area contributed by atoms with Gasteiger partial charge in [-0.3, -0.25) is 4.79 Å². The minimum atomic E-state index is -0.643. The van der Waals surface area contributed by atoms with Gasteiger partial charge in [0.25, 0.3) is 0 Å². The van der Waals surface area contributed by atoms with Crippen LogP contribution in [0, 0.1) is 11.6 Å². The second kappa shape index (κ2) is 4.91. The maximum absolute atomic E-state index is 13.6. The number of ether oxygens (including phenoxy) is 1. The van der Waals surface area contributed by atoms with Gasteiger partial charge in [-0.15, -0.1) is 0 Å². The van der Waals surface area contributed by atoms with Gasteiger partial charge in [-0.1, -0.05) is 6.07 Å². The summed E-state index contributed by atoms with van der Waals surface area (Å²) < 4.78 is 31.7. The van der Waals surface area contributed by atoms with Crippen LogP contribution in [0.2, 0.25) is 0 Å². The Labute approximate surface area is 102 Å². The molecule has 2 rings (SSSR count). The monoisotopic (exact) mass is 249 g/mol. The zero-order chi connectivity index (χ0) is 13.1. The molecule has 0 spiro atoms. The molecule has 0 atom stereocenters. The second-order valence-corrected chi connectivity index (χ2v) is 3.56. The van der Waals surface area contributed by atoms with Crippen molar-refractivity contribution in [3.05, 3.63) is 47.7 Å². The average Bonchev–Trinajstić information content (AvgIpc) is 2.40. The maximum atomic E-state index is 13.6. The molecule has 0 saturated carbocycles. The Bertz CT molecular complexity index is 600. The lowest BCUT2D eigenvalue weighted by atomic mass is 10.0. The van der Waals surface area contributed by atoms with E-state index in [1.807, 2.05) is 0 Å². The third-order valence-electron chi connectivity index (χ3n) is 2.47. The molecule has 92 valence electrons. The zero-order valence-corrected chi connectivity index (χ0v) is 9.48. The third-order valence-corrected chi connectivity index (χ3v) is 2.47. The Kier molecular flexibility index (Phi) is 3.32. The summed E-state index contributed by atoms with van der Waals surface area (Å²) in [6.07, 6.45) is 1.40. The lowest BCUT2D eigenvalue weighted by molar-refractivity contribution is 0.112. The first-order valence-corrected chi connectivity index (χ1v) is 5.10. The topological polar surface area (TPSA) is 39.2 Å². The second-order valence-electron chi connectivity index (χ2n) is 3.56. The van der Waals surface area contributed by atoms with Gasteiger partial charge in [0.05, 0.1) is 18.9 Å². The molecule has 0 radical (unpaired) electrons. The van der Waals surface area contributed by atoms with Crippen LogP contribution in [0.25, 0.3) is 11.1 Å². The summed E-state index contributed by atoms with van der Waals surface area (Å²) in [6.45, 7) is 0. The number of rotatable bonds is 3. The number of hydrogen-bond acceptors (Lipinski definition) is 3. The minimum Gasteiger partial charge on any atom is -0.481 e. The van der Waals surface area contributed by atoms with Crippen LogP contribution in [0.3, 0.4) is 0 Å². The zero-order valence-electron chi connectivity index (χ0n) is 9.48. The van der Waals surface area contributed by atoms with E-state index in [-0.39, 0.29) is 17.0 Å². The van der Waals surface area contributed by atoms with Crippen molar-refractivity contribution in [1.29, 1.82) is 0 Å². The van der Waals surface area contributed by atoms with Crippen LogP contribution >= 0.6 is 0 Å². The molecule has 3 nitrogen and oxygen atoms in total. The molecule has 0 N–H and O–H groups in total. The predicted molar refractivity (Wildman–Crippen MR) is 61.5 cm³/mol. The first-order valence-electron chi connectivity index (χ1n) is 5.10. The van der Waals surface area contributed by atoms with Gasteiger partial charge in [0.15, 0.2) is 6.29 Å². The molecule has 0 aliphatic rings. The van der Waals surface area contributed by atoms with Crippen molar-refractivity contribution >= 4 is 6.29 Å². The first-order chi connectivity index (χ1) is 8.65. The molecule has 1 aromatic heterocycles. The molecule has 1 aromatic carbocycles. The number of benzene rings is 1. The Morgan fingerprint density at radius 1 is 1.22 bits per heavy atom. The average molecular weight is 249 g/mol. The molecule has 0 fully saturated rings. The van der Waals surface area contributed by atoms with E-state index in [1.54, 1.807) is 0 Å². The summed E-state index contributed by atoms with van der Waals surface area (Å²) in [7, 11) is 1.41. The van der Waals surface area contributed by atoms with E-state index in [1.165, 1.54) is 25.3 Å². The Balaban J connectivity index is 2.57. The minimum absolute atomic E-state index is 0.123. The Morgan fingerprint density at radius 2 is 2.00 bits per heavy atom. The van der Waals surface area contributed by atoms with Crippen molar-refractivity contribution in [2.75, 3.05) is 7.11 Å². The van der Waals surface area contributed by atoms with Crippen LogP contribution in [0.5, 0.6) is 5.88 Å². The van der Waals surface area contributed by atoms with Crippen LogP contribution in [-0.4, -0.2) is 18.4 Å². The molecule has 0 amide bonds. The van der Waals surface area contributed by atoms with Gasteiger partial charge >= 0.3 is 0 Å². The van der Waals surface area contributed by atoms with E-state index >= 15 is 0 Å². The highest BCUT2D eigenvalue weighted by Crippen LogP contribution is 2.26. The van der Waals surface area contributed by atoms with Crippen molar-refractivity contribution in [1.82, 2.24) is 4.98 Å². The smallest absolute Gasteiger partial charge is 0.213 e. The SMILES string of the molecule is COc1cc(-c2ccc(F)c(C=O)c2)c(F)cn1. The molecular weight excluding hydrogens is 240 g/mol. The number of pyridine rings is 1. The van der Waals surface area contributed by atoms with Crippen LogP contribution in [0.15, 0.2) is 30.5 Å². The van der Waals surface area contributed by atoms with Gasteiger partial charge in [-0.2, -0.15) is 0 Å². The van der Waals surface area contributed by atoms with Gasteiger partial charge in [-0.25, -0.2) is 13.8 Å². The van der Waals surface area contributed by atoms with Crippen molar-refractivity contribution < 1.29 is 18.3 Å². The number of methoxy groups -OCH3 is 1. The van der Waals surface area contributed by atoms with Crippen LogP contribution in [0.1, 0.15) is 10.4 Å². The van der Waals surface area contributed by atoms with Crippen LogP contribution in [-0.2, 0) is 0 Å². The molecule has 5 heteroatoms. The largest absolute Gasteiger partial charge is 0.481 e. The van der Waals surface area contributed by atoms with Gasteiger partial charge in [-0.05, 0) is 17.7 Å². The number of hydrogen-bond donors (Lipinski definition) is 0. The van der Waals surface area contributed by atoms with Crippen molar-refractivity contribution in [2.24, 2.45) is 0 Å². The van der Waals surface area contributed by atoms with Crippen molar-refractivity contribution in [3.8, 4) is 17.0 Å². The summed E-state index contributed by atoms with van der Waals surface area (Å²) >= 11 is 0. The number of carbonyl (C=O) groups excluding carboxylic acids is 1. The standard InChI is InChI=1S/C13H9F2NO2/c1-18-13-5-10(12(15)6-16-13)8-2-3-11(14)9(4-8)7-17/h2-7H,1H3. The summed E-state index contributed by atoms with van der Waals surface area (Å²) in [5.41, 5.74) is 0.462. The number of aromatic nitrogens is 1. The third kappa shape index (κ3) is 2.20. The van der Waals surface area contributed by atoms with E-state index in [4.69, 9.17) is 4.74 Å². The molecule has 1 heterocycles. The molecule has 0 unspecified atom stereocenters. The predicted octanol–water partition coefficient (Wildman–Crippen LogP) is 2.85. The van der Waals surface area contributed by atoms with E-state index in [0.29, 0.717) is 11.8 Å². The van der Waals surface area contributed by atoms with Crippen LogP contribution in [0.4, 0.5) is 8.78 Å². The maximum Gasteiger partial charge on any atom is 0.213 e. The lowest BCUT2D eigenvalue weighted by Gasteiger charge is -2.06. The van der Waals surface area contributed by atoms with Gasteiger partial charge < -0.3 is 4.74 Å². The summed E-state index contributed by atoms with van der Waals surface area (Å²) in [5, 5.41) is 0. The Morgan fingerprint density at radius 3 is 2.67 bits per heavy atom. The lowest BCUT2D eigenvalue weighted by Crippen LogP contribution is -1.94. The molecule has 0 aliphatic carbocycles.